The Morgan fingerprint density at radius 2 is 2.05 bits per heavy atom. The van der Waals surface area contributed by atoms with E-state index in [-0.39, 0.29) is 0 Å². The summed E-state index contributed by atoms with van der Waals surface area (Å²) in [5.74, 6) is 0. The molecule has 1 aliphatic heterocycles. The van der Waals surface area contributed by atoms with E-state index in [9.17, 15) is 4.79 Å². The molecule has 0 aromatic carbocycles. The van der Waals surface area contributed by atoms with Crippen LogP contribution in [-0.2, 0) is 6.54 Å². The van der Waals surface area contributed by atoms with Gasteiger partial charge < -0.3 is 14.5 Å². The van der Waals surface area contributed by atoms with Crippen LogP contribution in [0.5, 0.6) is 0 Å². The molecule has 0 atom stereocenters. The van der Waals surface area contributed by atoms with Gasteiger partial charge in [-0.15, -0.1) is 0 Å². The van der Waals surface area contributed by atoms with E-state index in [1.54, 1.807) is 6.26 Å². The van der Waals surface area contributed by atoms with E-state index >= 15 is 0 Å². The Morgan fingerprint density at radius 3 is 2.58 bits per heavy atom. The van der Waals surface area contributed by atoms with Gasteiger partial charge in [0.1, 0.15) is 6.26 Å². The van der Waals surface area contributed by atoms with Gasteiger partial charge in [0.15, 0.2) is 0 Å². The van der Waals surface area contributed by atoms with Crippen LogP contribution in [0.3, 0.4) is 0 Å². The third-order valence-electron chi connectivity index (χ3n) is 4.06. The van der Waals surface area contributed by atoms with Gasteiger partial charge in [-0.3, -0.25) is 4.90 Å². The van der Waals surface area contributed by atoms with Crippen LogP contribution in [0, 0.1) is 0 Å². The first-order chi connectivity index (χ1) is 9.24. The number of nitrogens with zero attached hydrogens (tertiary/aromatic N) is 3. The molecule has 6 heteroatoms. The summed E-state index contributed by atoms with van der Waals surface area (Å²) >= 11 is 0. The first-order valence-corrected chi connectivity index (χ1v) is 6.87. The minimum atomic E-state index is -0.798. The smallest absolute Gasteiger partial charge is 0.407 e. The molecule has 2 aliphatic rings. The van der Waals surface area contributed by atoms with Crippen molar-refractivity contribution in [2.45, 2.75) is 44.3 Å². The molecule has 2 heterocycles. The van der Waals surface area contributed by atoms with E-state index in [1.165, 1.54) is 17.7 Å². The predicted octanol–water partition coefficient (Wildman–Crippen LogP) is 1.78. The minimum Gasteiger partial charge on any atom is -0.465 e. The Hall–Kier alpha value is -1.56. The summed E-state index contributed by atoms with van der Waals surface area (Å²) in [5.41, 5.74) is 0.965. The Kier molecular flexibility index (Phi) is 3.42. The van der Waals surface area contributed by atoms with Crippen LogP contribution in [0.15, 0.2) is 16.9 Å². The number of rotatable bonds is 4. The normalized spacial score (nSPS) is 21.0. The van der Waals surface area contributed by atoms with Crippen molar-refractivity contribution in [1.82, 2.24) is 15.0 Å². The van der Waals surface area contributed by atoms with Crippen LogP contribution in [0.4, 0.5) is 4.79 Å². The lowest BCUT2D eigenvalue weighted by molar-refractivity contribution is 0.0858. The summed E-state index contributed by atoms with van der Waals surface area (Å²) in [6.07, 6.45) is 5.14. The molecular weight excluding hydrogens is 246 g/mol. The van der Waals surface area contributed by atoms with Crippen molar-refractivity contribution in [2.24, 2.45) is 0 Å². The highest BCUT2D eigenvalue weighted by atomic mass is 16.5. The number of carbonyl (C=O) groups is 1. The van der Waals surface area contributed by atoms with Crippen molar-refractivity contribution < 1.29 is 14.4 Å². The molecule has 104 valence electrons. The van der Waals surface area contributed by atoms with E-state index < -0.39 is 6.09 Å². The summed E-state index contributed by atoms with van der Waals surface area (Å²) < 4.78 is 4.89. The van der Waals surface area contributed by atoms with E-state index in [4.69, 9.17) is 9.63 Å². The van der Waals surface area contributed by atoms with Gasteiger partial charge in [0.05, 0.1) is 5.69 Å². The van der Waals surface area contributed by atoms with E-state index in [2.05, 4.69) is 10.1 Å². The molecule has 1 aliphatic carbocycles. The van der Waals surface area contributed by atoms with Gasteiger partial charge in [-0.1, -0.05) is 5.16 Å². The van der Waals surface area contributed by atoms with Crippen LogP contribution in [-0.4, -0.2) is 51.3 Å². The Morgan fingerprint density at radius 1 is 1.37 bits per heavy atom. The molecule has 19 heavy (non-hydrogen) atoms. The molecular formula is C13H19N3O3. The van der Waals surface area contributed by atoms with Crippen LogP contribution < -0.4 is 0 Å². The van der Waals surface area contributed by atoms with Gasteiger partial charge in [-0.2, -0.15) is 0 Å². The molecule has 0 bridgehead atoms. The highest BCUT2D eigenvalue weighted by Gasteiger charge is 2.36. The SMILES string of the molecule is O=C(O)N1CCC(N(Cc2ccon2)C2CC2)CC1. The van der Waals surface area contributed by atoms with Crippen molar-refractivity contribution in [3.63, 3.8) is 0 Å². The molecule has 6 nitrogen and oxygen atoms in total. The van der Waals surface area contributed by atoms with Crippen molar-refractivity contribution in [2.75, 3.05) is 13.1 Å². The molecule has 0 spiro atoms. The molecule has 1 saturated heterocycles. The summed E-state index contributed by atoms with van der Waals surface area (Å²) in [7, 11) is 0. The van der Waals surface area contributed by atoms with Crippen LogP contribution >= 0.6 is 0 Å². The monoisotopic (exact) mass is 265 g/mol. The quantitative estimate of drug-likeness (QED) is 0.898. The summed E-state index contributed by atoms with van der Waals surface area (Å²) in [6.45, 7) is 2.10. The lowest BCUT2D eigenvalue weighted by Crippen LogP contribution is -2.46. The zero-order valence-electron chi connectivity index (χ0n) is 10.9. The fourth-order valence-corrected chi connectivity index (χ4v) is 2.86. The van der Waals surface area contributed by atoms with E-state index in [1.807, 2.05) is 6.07 Å². The second kappa shape index (κ2) is 5.21. The third-order valence-corrected chi connectivity index (χ3v) is 4.06. The Bertz CT molecular complexity index is 422. The third kappa shape index (κ3) is 2.89. The van der Waals surface area contributed by atoms with Gasteiger partial charge >= 0.3 is 6.09 Å². The average Bonchev–Trinajstić information content (AvgIpc) is 3.13. The molecule has 1 aromatic rings. The first-order valence-electron chi connectivity index (χ1n) is 6.87. The second-order valence-electron chi connectivity index (χ2n) is 5.40. The molecule has 1 saturated carbocycles. The van der Waals surface area contributed by atoms with Crippen LogP contribution in [0.1, 0.15) is 31.4 Å². The lowest BCUT2D eigenvalue weighted by atomic mass is 10.0. The molecule has 2 fully saturated rings. The van der Waals surface area contributed by atoms with Crippen LogP contribution in [0.25, 0.3) is 0 Å². The molecule has 0 radical (unpaired) electrons. The fraction of sp³-hybridized carbons (Fsp3) is 0.692. The summed E-state index contributed by atoms with van der Waals surface area (Å²) in [5, 5.41) is 13.0. The number of likely N-dealkylation sites (tertiary alicyclic amines) is 1. The predicted molar refractivity (Wildman–Crippen MR) is 67.7 cm³/mol. The topological polar surface area (TPSA) is 69.8 Å². The fourth-order valence-electron chi connectivity index (χ4n) is 2.86. The summed E-state index contributed by atoms with van der Waals surface area (Å²) in [6, 6.07) is 3.03. The number of hydrogen-bond acceptors (Lipinski definition) is 4. The number of hydrogen-bond donors (Lipinski definition) is 1. The second-order valence-corrected chi connectivity index (χ2v) is 5.40. The highest BCUT2D eigenvalue weighted by molar-refractivity contribution is 5.65. The maximum absolute atomic E-state index is 10.9. The standard InChI is InChI=1S/C13H19N3O3/c17-13(18)15-6-3-12(4-7-15)16(11-1-2-11)9-10-5-8-19-14-10/h5,8,11-12H,1-4,6-7,9H2,(H,17,18). The van der Waals surface area contributed by atoms with Gasteiger partial charge in [0.25, 0.3) is 0 Å². The number of amides is 1. The molecule has 3 rings (SSSR count). The van der Waals surface area contributed by atoms with Crippen molar-refractivity contribution in [1.29, 1.82) is 0 Å². The van der Waals surface area contributed by atoms with E-state index in [0.717, 1.165) is 25.1 Å². The first kappa shape index (κ1) is 12.5. The summed E-state index contributed by atoms with van der Waals surface area (Å²) in [4.78, 5) is 14.9. The number of piperidine rings is 1. The number of carboxylic acid groups (broad SMARTS) is 1. The largest absolute Gasteiger partial charge is 0.465 e. The zero-order chi connectivity index (χ0) is 13.2. The van der Waals surface area contributed by atoms with Gasteiger partial charge in [0, 0.05) is 37.8 Å². The maximum atomic E-state index is 10.9. The van der Waals surface area contributed by atoms with Gasteiger partial charge in [-0.05, 0) is 25.7 Å². The van der Waals surface area contributed by atoms with Gasteiger partial charge in [0.2, 0.25) is 0 Å². The van der Waals surface area contributed by atoms with E-state index in [0.29, 0.717) is 25.2 Å². The lowest BCUT2D eigenvalue weighted by Gasteiger charge is -2.37. The maximum Gasteiger partial charge on any atom is 0.407 e. The van der Waals surface area contributed by atoms with Crippen molar-refractivity contribution in [3.8, 4) is 0 Å². The minimum absolute atomic E-state index is 0.472. The molecule has 0 unspecified atom stereocenters. The number of aromatic nitrogens is 1. The molecule has 1 N–H and O–H groups in total. The van der Waals surface area contributed by atoms with Crippen LogP contribution in [0.2, 0.25) is 0 Å². The molecule has 1 aromatic heterocycles. The Labute approximate surface area is 112 Å². The highest BCUT2D eigenvalue weighted by Crippen LogP contribution is 2.33. The van der Waals surface area contributed by atoms with Crippen molar-refractivity contribution in [3.05, 3.63) is 18.0 Å². The zero-order valence-corrected chi connectivity index (χ0v) is 10.9. The Balaban J connectivity index is 1.60. The van der Waals surface area contributed by atoms with Gasteiger partial charge in [-0.25, -0.2) is 4.79 Å². The van der Waals surface area contributed by atoms with Crippen molar-refractivity contribution >= 4 is 6.09 Å². The molecule has 1 amide bonds. The average molecular weight is 265 g/mol.